The van der Waals surface area contributed by atoms with E-state index in [0.29, 0.717) is 13.0 Å². The Hall–Kier alpha value is -1.91. The molecule has 0 saturated carbocycles. The van der Waals surface area contributed by atoms with Gasteiger partial charge in [0.05, 0.1) is 6.04 Å². The number of carbonyl (C=O) groups is 2. The third-order valence-corrected chi connectivity index (χ3v) is 3.26. The zero-order valence-corrected chi connectivity index (χ0v) is 11.8. The van der Waals surface area contributed by atoms with Crippen LogP contribution in [0.15, 0.2) is 24.3 Å². The van der Waals surface area contributed by atoms with Crippen LogP contribution in [-0.2, 0) is 9.59 Å². The third-order valence-electron chi connectivity index (χ3n) is 3.26. The zero-order chi connectivity index (χ0) is 15.1. The van der Waals surface area contributed by atoms with Crippen LogP contribution in [0.4, 0.5) is 4.39 Å². The number of benzene rings is 1. The first-order chi connectivity index (χ1) is 9.45. The minimum absolute atomic E-state index is 0.00573. The lowest BCUT2D eigenvalue weighted by Crippen LogP contribution is -2.33. The van der Waals surface area contributed by atoms with Crippen molar-refractivity contribution >= 4 is 11.9 Å². The minimum atomic E-state index is -0.896. The van der Waals surface area contributed by atoms with Crippen LogP contribution in [0.3, 0.4) is 0 Å². The van der Waals surface area contributed by atoms with E-state index in [-0.39, 0.29) is 30.6 Å². The molecule has 0 bridgehead atoms. The summed E-state index contributed by atoms with van der Waals surface area (Å²) in [4.78, 5) is 24.2. The lowest BCUT2D eigenvalue weighted by atomic mass is 10.1. The van der Waals surface area contributed by atoms with E-state index in [4.69, 9.17) is 5.11 Å². The summed E-state index contributed by atoms with van der Waals surface area (Å²) in [5.74, 6) is -1.28. The van der Waals surface area contributed by atoms with Crippen molar-refractivity contribution in [3.63, 3.8) is 0 Å². The fourth-order valence-corrected chi connectivity index (χ4v) is 2.12. The Kier molecular flexibility index (Phi) is 6.15. The molecule has 1 aromatic rings. The molecule has 0 fully saturated rings. The smallest absolute Gasteiger partial charge is 0.303 e. The summed E-state index contributed by atoms with van der Waals surface area (Å²) in [7, 11) is 0. The van der Waals surface area contributed by atoms with Gasteiger partial charge in [0.2, 0.25) is 5.91 Å². The van der Waals surface area contributed by atoms with Crippen molar-refractivity contribution in [2.75, 3.05) is 6.54 Å². The molecular formula is C15H20FNO3. The largest absolute Gasteiger partial charge is 0.481 e. The van der Waals surface area contributed by atoms with Gasteiger partial charge in [0.25, 0.3) is 0 Å². The molecule has 4 nitrogen and oxygen atoms in total. The van der Waals surface area contributed by atoms with E-state index < -0.39 is 5.97 Å². The van der Waals surface area contributed by atoms with Crippen molar-refractivity contribution in [1.82, 2.24) is 4.90 Å². The number of halogens is 1. The molecule has 0 heterocycles. The van der Waals surface area contributed by atoms with Crippen LogP contribution in [0.1, 0.15) is 44.7 Å². The Balaban J connectivity index is 2.66. The minimum Gasteiger partial charge on any atom is -0.481 e. The highest BCUT2D eigenvalue weighted by Crippen LogP contribution is 2.21. The second-order valence-corrected chi connectivity index (χ2v) is 4.65. The summed E-state index contributed by atoms with van der Waals surface area (Å²) < 4.78 is 12.9. The van der Waals surface area contributed by atoms with Crippen LogP contribution in [0.25, 0.3) is 0 Å². The molecule has 1 rings (SSSR count). The summed E-state index contributed by atoms with van der Waals surface area (Å²) in [6, 6.07) is 5.90. The maximum Gasteiger partial charge on any atom is 0.303 e. The monoisotopic (exact) mass is 281 g/mol. The lowest BCUT2D eigenvalue weighted by molar-refractivity contribution is -0.137. The average Bonchev–Trinajstić information content (AvgIpc) is 2.39. The van der Waals surface area contributed by atoms with Gasteiger partial charge in [-0.15, -0.1) is 0 Å². The molecular weight excluding hydrogens is 261 g/mol. The van der Waals surface area contributed by atoms with Gasteiger partial charge in [-0.1, -0.05) is 12.1 Å². The van der Waals surface area contributed by atoms with Crippen LogP contribution < -0.4 is 0 Å². The molecule has 20 heavy (non-hydrogen) atoms. The van der Waals surface area contributed by atoms with Crippen molar-refractivity contribution in [3.8, 4) is 0 Å². The summed E-state index contributed by atoms with van der Waals surface area (Å²) in [5.41, 5.74) is 0.861. The van der Waals surface area contributed by atoms with Gasteiger partial charge in [0.1, 0.15) is 5.82 Å². The van der Waals surface area contributed by atoms with Gasteiger partial charge in [0.15, 0.2) is 0 Å². The fourth-order valence-electron chi connectivity index (χ4n) is 2.12. The molecule has 1 amide bonds. The number of carboxylic acids is 1. The van der Waals surface area contributed by atoms with Gasteiger partial charge >= 0.3 is 5.97 Å². The molecule has 110 valence electrons. The third kappa shape index (κ3) is 4.64. The number of rotatable bonds is 7. The second kappa shape index (κ2) is 7.62. The van der Waals surface area contributed by atoms with E-state index in [1.807, 2.05) is 13.8 Å². The van der Waals surface area contributed by atoms with Crippen LogP contribution in [0.5, 0.6) is 0 Å². The topological polar surface area (TPSA) is 57.6 Å². The van der Waals surface area contributed by atoms with Crippen LogP contribution in [0, 0.1) is 5.82 Å². The highest BCUT2D eigenvalue weighted by atomic mass is 19.1. The van der Waals surface area contributed by atoms with Gasteiger partial charge in [-0.25, -0.2) is 4.39 Å². The highest BCUT2D eigenvalue weighted by Gasteiger charge is 2.19. The molecule has 1 aromatic carbocycles. The molecule has 0 aliphatic carbocycles. The van der Waals surface area contributed by atoms with Crippen LogP contribution >= 0.6 is 0 Å². The molecule has 5 heteroatoms. The zero-order valence-electron chi connectivity index (χ0n) is 11.8. The van der Waals surface area contributed by atoms with Gasteiger partial charge in [-0.05, 0) is 38.0 Å². The van der Waals surface area contributed by atoms with Crippen LogP contribution in [-0.4, -0.2) is 28.4 Å². The van der Waals surface area contributed by atoms with E-state index in [9.17, 15) is 14.0 Å². The van der Waals surface area contributed by atoms with Crippen LogP contribution in [0.2, 0.25) is 0 Å². The predicted molar refractivity (Wildman–Crippen MR) is 73.7 cm³/mol. The first-order valence-electron chi connectivity index (χ1n) is 6.72. The van der Waals surface area contributed by atoms with Gasteiger partial charge in [-0.3, -0.25) is 9.59 Å². The SMILES string of the molecule is CCN(C(=O)CCCC(=O)O)C(C)c1ccc(F)cc1. The number of hydrogen-bond donors (Lipinski definition) is 1. The Bertz CT molecular complexity index is 459. The van der Waals surface area contributed by atoms with Gasteiger partial charge in [0, 0.05) is 19.4 Å². The van der Waals surface area contributed by atoms with E-state index >= 15 is 0 Å². The van der Waals surface area contributed by atoms with Crippen molar-refractivity contribution in [2.45, 2.75) is 39.2 Å². The first-order valence-corrected chi connectivity index (χ1v) is 6.72. The predicted octanol–water partition coefficient (Wildman–Crippen LogP) is 2.99. The molecule has 0 aliphatic heterocycles. The fraction of sp³-hybridized carbons (Fsp3) is 0.467. The highest BCUT2D eigenvalue weighted by molar-refractivity contribution is 5.77. The molecule has 0 saturated heterocycles. The van der Waals surface area contributed by atoms with E-state index in [1.165, 1.54) is 12.1 Å². The average molecular weight is 281 g/mol. The standard InChI is InChI=1S/C15H20FNO3/c1-3-17(14(18)5-4-6-15(19)20)11(2)12-7-9-13(16)10-8-12/h7-11H,3-6H2,1-2H3,(H,19,20). The van der Waals surface area contributed by atoms with E-state index in [1.54, 1.807) is 17.0 Å². The Morgan fingerprint density at radius 2 is 1.85 bits per heavy atom. The molecule has 0 aliphatic rings. The summed E-state index contributed by atoms with van der Waals surface area (Å²) in [5, 5.41) is 8.57. The molecule has 1 N–H and O–H groups in total. The Morgan fingerprint density at radius 3 is 2.35 bits per heavy atom. The van der Waals surface area contributed by atoms with Crippen molar-refractivity contribution < 1.29 is 19.1 Å². The first kappa shape index (κ1) is 16.1. The van der Waals surface area contributed by atoms with Crippen molar-refractivity contribution in [2.24, 2.45) is 0 Å². The summed E-state index contributed by atoms with van der Waals surface area (Å²) in [6.07, 6.45) is 0.542. The quantitative estimate of drug-likeness (QED) is 0.836. The van der Waals surface area contributed by atoms with Crippen molar-refractivity contribution in [3.05, 3.63) is 35.6 Å². The Labute approximate surface area is 118 Å². The number of nitrogens with zero attached hydrogens (tertiary/aromatic N) is 1. The maximum absolute atomic E-state index is 12.9. The number of hydrogen-bond acceptors (Lipinski definition) is 2. The number of aliphatic carboxylic acids is 1. The number of amides is 1. The summed E-state index contributed by atoms with van der Waals surface area (Å²) in [6.45, 7) is 4.28. The van der Waals surface area contributed by atoms with Gasteiger partial charge in [-0.2, -0.15) is 0 Å². The lowest BCUT2D eigenvalue weighted by Gasteiger charge is -2.28. The molecule has 0 aromatic heterocycles. The normalized spacial score (nSPS) is 11.9. The molecule has 1 unspecified atom stereocenters. The second-order valence-electron chi connectivity index (χ2n) is 4.65. The Morgan fingerprint density at radius 1 is 1.25 bits per heavy atom. The molecule has 1 atom stereocenters. The van der Waals surface area contributed by atoms with E-state index in [0.717, 1.165) is 5.56 Å². The molecule has 0 spiro atoms. The van der Waals surface area contributed by atoms with E-state index in [2.05, 4.69) is 0 Å². The molecule has 0 radical (unpaired) electrons. The van der Waals surface area contributed by atoms with Crippen molar-refractivity contribution in [1.29, 1.82) is 0 Å². The maximum atomic E-state index is 12.9. The summed E-state index contributed by atoms with van der Waals surface area (Å²) >= 11 is 0. The number of carbonyl (C=O) groups excluding carboxylic acids is 1. The number of carboxylic acid groups (broad SMARTS) is 1. The van der Waals surface area contributed by atoms with Gasteiger partial charge < -0.3 is 10.0 Å².